The van der Waals surface area contributed by atoms with E-state index in [4.69, 9.17) is 14.6 Å². The number of aliphatic hydroxyl groups excluding tert-OH is 2. The van der Waals surface area contributed by atoms with Crippen LogP contribution in [0.1, 0.15) is 31.7 Å². The van der Waals surface area contributed by atoms with E-state index in [1.807, 2.05) is 31.2 Å². The molecule has 2 unspecified atom stereocenters. The lowest BCUT2D eigenvalue weighted by atomic mass is 9.92. The molecule has 0 saturated carbocycles. The second-order valence-corrected chi connectivity index (χ2v) is 7.80. The van der Waals surface area contributed by atoms with Crippen molar-refractivity contribution in [1.29, 1.82) is 0 Å². The second-order valence-electron chi connectivity index (χ2n) is 7.80. The van der Waals surface area contributed by atoms with E-state index in [0.717, 1.165) is 11.1 Å². The van der Waals surface area contributed by atoms with Crippen molar-refractivity contribution in [2.24, 2.45) is 5.92 Å². The van der Waals surface area contributed by atoms with Gasteiger partial charge in [0.25, 0.3) is 0 Å². The van der Waals surface area contributed by atoms with E-state index in [9.17, 15) is 15.0 Å². The number of rotatable bonds is 9. The molecule has 0 spiro atoms. The Morgan fingerprint density at radius 1 is 1.27 bits per heavy atom. The van der Waals surface area contributed by atoms with Gasteiger partial charge in [-0.25, -0.2) is 4.68 Å². The molecule has 1 aliphatic rings. The third kappa shape index (κ3) is 5.63. The van der Waals surface area contributed by atoms with Crippen molar-refractivity contribution in [3.8, 4) is 11.3 Å². The van der Waals surface area contributed by atoms with E-state index in [-0.39, 0.29) is 13.0 Å². The van der Waals surface area contributed by atoms with E-state index in [2.05, 4.69) is 10.3 Å². The number of aromatic nitrogens is 3. The number of ether oxygens (including phenoxy) is 2. The molecule has 9 heteroatoms. The average molecular weight is 419 g/mol. The highest BCUT2D eigenvalue weighted by Gasteiger charge is 2.42. The van der Waals surface area contributed by atoms with Crippen LogP contribution in [-0.2, 0) is 20.8 Å². The van der Waals surface area contributed by atoms with Gasteiger partial charge in [-0.3, -0.25) is 4.79 Å². The van der Waals surface area contributed by atoms with Gasteiger partial charge in [0.05, 0.1) is 18.8 Å². The van der Waals surface area contributed by atoms with Gasteiger partial charge in [0.2, 0.25) is 0 Å². The first-order valence-electron chi connectivity index (χ1n) is 10.2. The lowest BCUT2D eigenvalue weighted by Gasteiger charge is -2.41. The Hall–Kier alpha value is -2.33. The smallest absolute Gasteiger partial charge is 0.303 e. The van der Waals surface area contributed by atoms with Crippen molar-refractivity contribution in [1.82, 2.24) is 15.0 Å². The monoisotopic (exact) mass is 419 g/mol. The molecule has 1 aromatic carbocycles. The number of hydrogen-bond donors (Lipinski definition) is 3. The molecule has 0 amide bonds. The largest absolute Gasteiger partial charge is 0.481 e. The number of benzene rings is 1. The molecule has 9 nitrogen and oxygen atoms in total. The molecule has 3 rings (SSSR count). The number of unbranched alkanes of at least 4 members (excludes halogenated alkanes) is 1. The fourth-order valence-corrected chi connectivity index (χ4v) is 3.50. The minimum Gasteiger partial charge on any atom is -0.481 e. The van der Waals surface area contributed by atoms with Gasteiger partial charge in [-0.05, 0) is 25.8 Å². The summed E-state index contributed by atoms with van der Waals surface area (Å²) in [5.41, 5.74) is 2.78. The van der Waals surface area contributed by atoms with E-state index >= 15 is 0 Å². The van der Waals surface area contributed by atoms with Crippen LogP contribution in [0.5, 0.6) is 0 Å². The maximum Gasteiger partial charge on any atom is 0.303 e. The van der Waals surface area contributed by atoms with Crippen LogP contribution in [0.25, 0.3) is 11.3 Å². The first-order valence-corrected chi connectivity index (χ1v) is 10.2. The number of hydrogen-bond acceptors (Lipinski definition) is 7. The predicted octanol–water partition coefficient (Wildman–Crippen LogP) is 1.61. The molecule has 0 aliphatic carbocycles. The van der Waals surface area contributed by atoms with Gasteiger partial charge < -0.3 is 24.8 Å². The SMILES string of the molecule is Cc1cccc(-c2cn(CC3O[C@@H](OCCCCC(=O)O)C(C)[C@@H](O)[C@H]3O)nn2)c1. The van der Waals surface area contributed by atoms with Gasteiger partial charge in [-0.2, -0.15) is 0 Å². The van der Waals surface area contributed by atoms with Gasteiger partial charge >= 0.3 is 5.97 Å². The topological polar surface area (TPSA) is 127 Å². The molecule has 0 bridgehead atoms. The van der Waals surface area contributed by atoms with Crippen LogP contribution >= 0.6 is 0 Å². The minimum absolute atomic E-state index is 0.0873. The number of carbonyl (C=O) groups is 1. The molecule has 1 aliphatic heterocycles. The standard InChI is InChI=1S/C21H29N3O6/c1-13-6-5-7-15(10-13)16-11-24(23-22-16)12-17-20(28)19(27)14(2)21(30-17)29-9-4-3-8-18(25)26/h5-7,10-11,14,17,19-21,27-28H,3-4,8-9,12H2,1-2H3,(H,25,26)/t14?,17?,19-,20+,21-/m1/s1. The summed E-state index contributed by atoms with van der Waals surface area (Å²) in [6.07, 6.45) is -0.561. The number of nitrogens with zero attached hydrogens (tertiary/aromatic N) is 3. The fourth-order valence-electron chi connectivity index (χ4n) is 3.50. The van der Waals surface area contributed by atoms with Crippen LogP contribution in [0.15, 0.2) is 30.5 Å². The maximum absolute atomic E-state index is 10.6. The summed E-state index contributed by atoms with van der Waals surface area (Å²) in [6.45, 7) is 4.28. The summed E-state index contributed by atoms with van der Waals surface area (Å²) < 4.78 is 13.2. The lowest BCUT2D eigenvalue weighted by Crippen LogP contribution is -2.55. The van der Waals surface area contributed by atoms with Gasteiger partial charge in [0, 0.05) is 24.5 Å². The number of carboxylic acids is 1. The third-order valence-corrected chi connectivity index (χ3v) is 5.29. The molecule has 1 saturated heterocycles. The van der Waals surface area contributed by atoms with Gasteiger partial charge in [-0.1, -0.05) is 35.9 Å². The van der Waals surface area contributed by atoms with Crippen LogP contribution in [0.4, 0.5) is 0 Å². The summed E-state index contributed by atoms with van der Waals surface area (Å²) >= 11 is 0. The van der Waals surface area contributed by atoms with Gasteiger partial charge in [-0.15, -0.1) is 5.10 Å². The maximum atomic E-state index is 10.6. The Bertz CT molecular complexity index is 842. The van der Waals surface area contributed by atoms with Crippen molar-refractivity contribution in [2.45, 2.75) is 64.3 Å². The highest BCUT2D eigenvalue weighted by molar-refractivity contribution is 5.66. The molecule has 3 N–H and O–H groups in total. The summed E-state index contributed by atoms with van der Waals surface area (Å²) in [7, 11) is 0. The summed E-state index contributed by atoms with van der Waals surface area (Å²) in [5, 5.41) is 37.9. The van der Waals surface area contributed by atoms with Crippen LogP contribution in [-0.4, -0.2) is 67.5 Å². The van der Waals surface area contributed by atoms with Crippen molar-refractivity contribution >= 4 is 5.97 Å². The summed E-state index contributed by atoms with van der Waals surface area (Å²) in [4.78, 5) is 10.6. The zero-order valence-corrected chi connectivity index (χ0v) is 17.2. The van der Waals surface area contributed by atoms with Gasteiger partial charge in [0.15, 0.2) is 6.29 Å². The average Bonchev–Trinajstić information content (AvgIpc) is 3.17. The number of aliphatic hydroxyl groups is 2. The minimum atomic E-state index is -1.08. The summed E-state index contributed by atoms with van der Waals surface area (Å²) in [5.74, 6) is -1.26. The van der Waals surface area contributed by atoms with E-state index in [1.54, 1.807) is 17.8 Å². The van der Waals surface area contributed by atoms with E-state index in [1.165, 1.54) is 0 Å². The summed E-state index contributed by atoms with van der Waals surface area (Å²) in [6, 6.07) is 7.92. The zero-order valence-electron chi connectivity index (χ0n) is 17.2. The normalized spacial score (nSPS) is 26.6. The van der Waals surface area contributed by atoms with Crippen LogP contribution < -0.4 is 0 Å². The highest BCUT2D eigenvalue weighted by Crippen LogP contribution is 2.28. The van der Waals surface area contributed by atoms with Gasteiger partial charge in [0.1, 0.15) is 17.9 Å². The molecule has 2 aromatic rings. The van der Waals surface area contributed by atoms with E-state index in [0.29, 0.717) is 25.1 Å². The fraction of sp³-hybridized carbons (Fsp3) is 0.571. The molecule has 0 radical (unpaired) electrons. The highest BCUT2D eigenvalue weighted by atomic mass is 16.7. The van der Waals surface area contributed by atoms with E-state index < -0.39 is 36.5 Å². The molecule has 2 heterocycles. The molecule has 5 atom stereocenters. The predicted molar refractivity (Wildman–Crippen MR) is 107 cm³/mol. The second kappa shape index (κ2) is 10.1. The lowest BCUT2D eigenvalue weighted by molar-refractivity contribution is -0.279. The Balaban J connectivity index is 1.60. The molecule has 164 valence electrons. The quantitative estimate of drug-likeness (QED) is 0.523. The third-order valence-electron chi connectivity index (χ3n) is 5.29. The first kappa shape index (κ1) is 22.4. The van der Waals surface area contributed by atoms with Crippen LogP contribution in [0.3, 0.4) is 0 Å². The number of carboxylic acid groups (broad SMARTS) is 1. The Labute approximate surface area is 175 Å². The van der Waals surface area contributed by atoms with Crippen LogP contribution in [0, 0.1) is 12.8 Å². The Morgan fingerprint density at radius 2 is 2.07 bits per heavy atom. The van der Waals surface area contributed by atoms with Crippen molar-refractivity contribution in [2.75, 3.05) is 6.61 Å². The Kier molecular flexibility index (Phi) is 7.54. The van der Waals surface area contributed by atoms with Crippen LogP contribution in [0.2, 0.25) is 0 Å². The molecular formula is C21H29N3O6. The van der Waals surface area contributed by atoms with Crippen molar-refractivity contribution < 1.29 is 29.6 Å². The van der Waals surface area contributed by atoms with Crippen molar-refractivity contribution in [3.05, 3.63) is 36.0 Å². The van der Waals surface area contributed by atoms with Crippen molar-refractivity contribution in [3.63, 3.8) is 0 Å². The molecular weight excluding hydrogens is 390 g/mol. The first-order chi connectivity index (χ1) is 14.3. The molecule has 1 aromatic heterocycles. The molecule has 1 fully saturated rings. The number of aryl methyl sites for hydroxylation is 1. The molecule has 30 heavy (non-hydrogen) atoms. The zero-order chi connectivity index (χ0) is 21.7. The Morgan fingerprint density at radius 3 is 2.80 bits per heavy atom. The number of aliphatic carboxylic acids is 1.